The molecule has 0 unspecified atom stereocenters. The Balaban J connectivity index is 2.05. The van der Waals surface area contributed by atoms with Gasteiger partial charge in [0.1, 0.15) is 5.75 Å². The highest BCUT2D eigenvalue weighted by Gasteiger charge is 1.99. The standard InChI is InChI=1S/C16H19NO2/c1-12(18)17-9-3-4-13-5-6-14-7-8-16(19-2)11-15(14)10-13/h5-8,10-11H,3-4,9H2,1-2H3,(H,17,18). The molecule has 1 amide bonds. The molecule has 3 heteroatoms. The summed E-state index contributed by atoms with van der Waals surface area (Å²) in [6, 6.07) is 12.5. The van der Waals surface area contributed by atoms with Crippen molar-refractivity contribution in [2.45, 2.75) is 19.8 Å². The maximum absolute atomic E-state index is 10.8. The normalized spacial score (nSPS) is 10.4. The Morgan fingerprint density at radius 3 is 2.68 bits per heavy atom. The molecule has 0 aliphatic carbocycles. The predicted molar refractivity (Wildman–Crippen MR) is 77.5 cm³/mol. The zero-order chi connectivity index (χ0) is 13.7. The number of nitrogens with one attached hydrogen (secondary N) is 1. The summed E-state index contributed by atoms with van der Waals surface area (Å²) in [4.78, 5) is 10.8. The maximum Gasteiger partial charge on any atom is 0.216 e. The van der Waals surface area contributed by atoms with Crippen LogP contribution in [-0.2, 0) is 11.2 Å². The minimum absolute atomic E-state index is 0.0308. The maximum atomic E-state index is 10.8. The fourth-order valence-electron chi connectivity index (χ4n) is 2.11. The third-order valence-corrected chi connectivity index (χ3v) is 3.13. The van der Waals surface area contributed by atoms with Crippen molar-refractivity contribution in [2.75, 3.05) is 13.7 Å². The van der Waals surface area contributed by atoms with E-state index in [9.17, 15) is 4.79 Å². The fourth-order valence-corrected chi connectivity index (χ4v) is 2.11. The van der Waals surface area contributed by atoms with Crippen LogP contribution in [0.3, 0.4) is 0 Å². The van der Waals surface area contributed by atoms with Crippen LogP contribution in [0.2, 0.25) is 0 Å². The molecule has 0 radical (unpaired) electrons. The van der Waals surface area contributed by atoms with Gasteiger partial charge in [-0.05, 0) is 41.3 Å². The summed E-state index contributed by atoms with van der Waals surface area (Å²) >= 11 is 0. The van der Waals surface area contributed by atoms with Gasteiger partial charge in [-0.1, -0.05) is 24.3 Å². The van der Waals surface area contributed by atoms with Crippen LogP contribution in [0.1, 0.15) is 18.9 Å². The highest BCUT2D eigenvalue weighted by atomic mass is 16.5. The first-order valence-electron chi connectivity index (χ1n) is 6.50. The summed E-state index contributed by atoms with van der Waals surface area (Å²) in [5.74, 6) is 0.908. The zero-order valence-corrected chi connectivity index (χ0v) is 11.4. The van der Waals surface area contributed by atoms with Crippen molar-refractivity contribution in [3.63, 3.8) is 0 Å². The van der Waals surface area contributed by atoms with Gasteiger partial charge in [-0.15, -0.1) is 0 Å². The first kappa shape index (κ1) is 13.4. The molecule has 100 valence electrons. The summed E-state index contributed by atoms with van der Waals surface area (Å²) in [7, 11) is 1.68. The van der Waals surface area contributed by atoms with E-state index in [-0.39, 0.29) is 5.91 Å². The van der Waals surface area contributed by atoms with Crippen LogP contribution >= 0.6 is 0 Å². The molecule has 0 atom stereocenters. The quantitative estimate of drug-likeness (QED) is 0.836. The topological polar surface area (TPSA) is 38.3 Å². The van der Waals surface area contributed by atoms with E-state index in [0.717, 1.165) is 25.1 Å². The minimum Gasteiger partial charge on any atom is -0.497 e. The lowest BCUT2D eigenvalue weighted by Crippen LogP contribution is -2.21. The van der Waals surface area contributed by atoms with Gasteiger partial charge < -0.3 is 10.1 Å². The molecule has 1 N–H and O–H groups in total. The second-order valence-electron chi connectivity index (χ2n) is 4.63. The van der Waals surface area contributed by atoms with Gasteiger partial charge in [0.25, 0.3) is 0 Å². The minimum atomic E-state index is 0.0308. The van der Waals surface area contributed by atoms with Crippen LogP contribution < -0.4 is 10.1 Å². The summed E-state index contributed by atoms with van der Waals surface area (Å²) in [5, 5.41) is 5.22. The average molecular weight is 257 g/mol. The van der Waals surface area contributed by atoms with Gasteiger partial charge in [-0.2, -0.15) is 0 Å². The Hall–Kier alpha value is -2.03. The SMILES string of the molecule is COc1ccc2ccc(CCCNC(C)=O)cc2c1. The molecule has 0 aliphatic rings. The Kier molecular flexibility index (Phi) is 4.39. The van der Waals surface area contributed by atoms with Crippen molar-refractivity contribution in [2.24, 2.45) is 0 Å². The van der Waals surface area contributed by atoms with E-state index in [2.05, 4.69) is 29.6 Å². The van der Waals surface area contributed by atoms with E-state index in [1.807, 2.05) is 12.1 Å². The first-order chi connectivity index (χ1) is 9.19. The van der Waals surface area contributed by atoms with E-state index in [4.69, 9.17) is 4.74 Å². The number of carbonyl (C=O) groups is 1. The fraction of sp³-hybridized carbons (Fsp3) is 0.312. The molecule has 0 fully saturated rings. The zero-order valence-electron chi connectivity index (χ0n) is 11.4. The first-order valence-corrected chi connectivity index (χ1v) is 6.50. The van der Waals surface area contributed by atoms with E-state index in [1.165, 1.54) is 16.3 Å². The van der Waals surface area contributed by atoms with E-state index < -0.39 is 0 Å². The monoisotopic (exact) mass is 257 g/mol. The number of methoxy groups -OCH3 is 1. The summed E-state index contributed by atoms with van der Waals surface area (Å²) < 4.78 is 5.24. The number of hydrogen-bond acceptors (Lipinski definition) is 2. The Bertz CT molecular complexity index is 578. The molecule has 2 rings (SSSR count). The molecule has 3 nitrogen and oxygen atoms in total. The van der Waals surface area contributed by atoms with Crippen molar-refractivity contribution < 1.29 is 9.53 Å². The third kappa shape index (κ3) is 3.71. The Labute approximate surface area is 113 Å². The van der Waals surface area contributed by atoms with Gasteiger partial charge in [0.15, 0.2) is 0 Å². The van der Waals surface area contributed by atoms with Crippen LogP contribution in [0.25, 0.3) is 10.8 Å². The summed E-state index contributed by atoms with van der Waals surface area (Å²) in [6.07, 6.45) is 1.92. The number of aryl methyl sites for hydroxylation is 1. The van der Waals surface area contributed by atoms with E-state index >= 15 is 0 Å². The molecular weight excluding hydrogens is 238 g/mol. The number of hydrogen-bond donors (Lipinski definition) is 1. The van der Waals surface area contributed by atoms with Gasteiger partial charge in [0.2, 0.25) is 5.91 Å². The number of rotatable bonds is 5. The number of benzene rings is 2. The largest absolute Gasteiger partial charge is 0.497 e. The highest BCUT2D eigenvalue weighted by molar-refractivity contribution is 5.84. The van der Waals surface area contributed by atoms with Crippen molar-refractivity contribution in [1.29, 1.82) is 0 Å². The van der Waals surface area contributed by atoms with Gasteiger partial charge in [-0.25, -0.2) is 0 Å². The molecule has 2 aromatic carbocycles. The van der Waals surface area contributed by atoms with Crippen molar-refractivity contribution in [1.82, 2.24) is 5.32 Å². The average Bonchev–Trinajstić information content (AvgIpc) is 2.42. The lowest BCUT2D eigenvalue weighted by atomic mass is 10.0. The third-order valence-electron chi connectivity index (χ3n) is 3.13. The molecule has 0 saturated carbocycles. The molecule has 0 bridgehead atoms. The van der Waals surface area contributed by atoms with Crippen molar-refractivity contribution in [3.05, 3.63) is 42.0 Å². The molecular formula is C16H19NO2. The smallest absolute Gasteiger partial charge is 0.216 e. The number of carbonyl (C=O) groups excluding carboxylic acids is 1. The molecule has 2 aromatic rings. The van der Waals surface area contributed by atoms with Gasteiger partial charge in [0, 0.05) is 13.5 Å². The van der Waals surface area contributed by atoms with E-state index in [1.54, 1.807) is 14.0 Å². The molecule has 0 aliphatic heterocycles. The predicted octanol–water partition coefficient (Wildman–Crippen LogP) is 2.92. The summed E-state index contributed by atoms with van der Waals surface area (Å²) in [6.45, 7) is 2.27. The molecule has 0 spiro atoms. The van der Waals surface area contributed by atoms with Crippen LogP contribution in [0.15, 0.2) is 36.4 Å². The lowest BCUT2D eigenvalue weighted by Gasteiger charge is -2.06. The van der Waals surface area contributed by atoms with Crippen LogP contribution in [-0.4, -0.2) is 19.6 Å². The second-order valence-corrected chi connectivity index (χ2v) is 4.63. The van der Waals surface area contributed by atoms with Crippen LogP contribution in [0.5, 0.6) is 5.75 Å². The van der Waals surface area contributed by atoms with Gasteiger partial charge >= 0.3 is 0 Å². The number of fused-ring (bicyclic) bond motifs is 1. The van der Waals surface area contributed by atoms with Crippen LogP contribution in [0, 0.1) is 0 Å². The number of amides is 1. The highest BCUT2D eigenvalue weighted by Crippen LogP contribution is 2.22. The molecule has 0 aromatic heterocycles. The second kappa shape index (κ2) is 6.23. The molecule has 0 heterocycles. The Morgan fingerprint density at radius 1 is 1.16 bits per heavy atom. The van der Waals surface area contributed by atoms with Gasteiger partial charge in [0.05, 0.1) is 7.11 Å². The summed E-state index contributed by atoms with van der Waals surface area (Å²) in [5.41, 5.74) is 1.28. The Morgan fingerprint density at radius 2 is 1.95 bits per heavy atom. The lowest BCUT2D eigenvalue weighted by molar-refractivity contribution is -0.118. The molecule has 0 saturated heterocycles. The van der Waals surface area contributed by atoms with Gasteiger partial charge in [-0.3, -0.25) is 4.79 Å². The van der Waals surface area contributed by atoms with Crippen LogP contribution in [0.4, 0.5) is 0 Å². The van der Waals surface area contributed by atoms with Crippen molar-refractivity contribution in [3.8, 4) is 5.75 Å². The van der Waals surface area contributed by atoms with Crippen molar-refractivity contribution >= 4 is 16.7 Å². The van der Waals surface area contributed by atoms with E-state index in [0.29, 0.717) is 0 Å². The molecule has 19 heavy (non-hydrogen) atoms. The number of ether oxygens (including phenoxy) is 1.